The molecule has 2 aromatic heterocycles. The average Bonchev–Trinajstić information content (AvgIpc) is 3.07. The van der Waals surface area contributed by atoms with Gasteiger partial charge in [0.05, 0.1) is 17.7 Å². The van der Waals surface area contributed by atoms with Crippen LogP contribution >= 0.6 is 11.3 Å². The number of hydrogen-bond acceptors (Lipinski definition) is 5. The lowest BCUT2D eigenvalue weighted by molar-refractivity contribution is -0.0771. The smallest absolute Gasteiger partial charge is 0.122 e. The van der Waals surface area contributed by atoms with Gasteiger partial charge in [0.25, 0.3) is 0 Å². The van der Waals surface area contributed by atoms with E-state index in [0.717, 1.165) is 44.7 Å². The first-order chi connectivity index (χ1) is 9.77. The van der Waals surface area contributed by atoms with Gasteiger partial charge in [0.1, 0.15) is 11.3 Å². The van der Waals surface area contributed by atoms with Crippen molar-refractivity contribution in [2.24, 2.45) is 7.05 Å². The van der Waals surface area contributed by atoms with Crippen LogP contribution < -0.4 is 5.32 Å². The van der Waals surface area contributed by atoms with Crippen molar-refractivity contribution in [3.63, 3.8) is 0 Å². The third kappa shape index (κ3) is 1.90. The van der Waals surface area contributed by atoms with Crippen LogP contribution in [0.1, 0.15) is 23.3 Å². The van der Waals surface area contributed by atoms with Crippen LogP contribution in [0.4, 0.5) is 0 Å². The van der Waals surface area contributed by atoms with Gasteiger partial charge in [0.15, 0.2) is 0 Å². The van der Waals surface area contributed by atoms with Gasteiger partial charge in [-0.3, -0.25) is 4.68 Å². The third-order valence-electron chi connectivity index (χ3n) is 4.24. The summed E-state index contributed by atoms with van der Waals surface area (Å²) in [7, 11) is 1.90. The molecular weight excluding hydrogens is 272 g/mol. The molecule has 4 heterocycles. The molecule has 0 unspecified atom stereocenters. The number of nitrogens with zero attached hydrogens (tertiary/aromatic N) is 3. The number of aryl methyl sites for hydroxylation is 1. The molecule has 0 aromatic carbocycles. The molecule has 1 fully saturated rings. The van der Waals surface area contributed by atoms with Gasteiger partial charge in [-0.2, -0.15) is 0 Å². The number of fused-ring (bicyclic) bond motifs is 2. The first kappa shape index (κ1) is 12.5. The van der Waals surface area contributed by atoms with Crippen LogP contribution in [-0.2, 0) is 23.8 Å². The maximum absolute atomic E-state index is 6.22. The van der Waals surface area contributed by atoms with E-state index in [1.165, 1.54) is 15.3 Å². The Morgan fingerprint density at radius 1 is 1.40 bits per heavy atom. The molecule has 0 amide bonds. The summed E-state index contributed by atoms with van der Waals surface area (Å²) in [5.41, 5.74) is 2.36. The number of hydrogen-bond donors (Lipinski definition) is 1. The maximum Gasteiger partial charge on any atom is 0.122 e. The zero-order valence-corrected chi connectivity index (χ0v) is 12.4. The van der Waals surface area contributed by atoms with Gasteiger partial charge < -0.3 is 10.1 Å². The molecule has 20 heavy (non-hydrogen) atoms. The van der Waals surface area contributed by atoms with Gasteiger partial charge in [0.2, 0.25) is 0 Å². The van der Waals surface area contributed by atoms with E-state index in [4.69, 9.17) is 4.74 Å². The summed E-state index contributed by atoms with van der Waals surface area (Å²) in [6, 6.07) is 2.29. The van der Waals surface area contributed by atoms with Crippen LogP contribution in [0, 0.1) is 0 Å². The Labute approximate surface area is 121 Å². The lowest BCUT2D eigenvalue weighted by atomic mass is 9.86. The Bertz CT molecular complexity index is 627. The average molecular weight is 290 g/mol. The number of ether oxygens (including phenoxy) is 1. The summed E-state index contributed by atoms with van der Waals surface area (Å²) in [5, 5.41) is 11.7. The molecule has 1 N–H and O–H groups in total. The first-order valence-corrected chi connectivity index (χ1v) is 7.93. The number of piperidine rings is 1. The minimum atomic E-state index is -0.0516. The van der Waals surface area contributed by atoms with Crippen molar-refractivity contribution >= 4 is 11.3 Å². The molecule has 0 atom stereocenters. The van der Waals surface area contributed by atoms with E-state index >= 15 is 0 Å². The highest BCUT2D eigenvalue weighted by Crippen LogP contribution is 2.46. The molecule has 0 saturated carbocycles. The molecule has 0 radical (unpaired) electrons. The quantitative estimate of drug-likeness (QED) is 0.868. The van der Waals surface area contributed by atoms with Crippen molar-refractivity contribution in [2.75, 3.05) is 19.7 Å². The van der Waals surface area contributed by atoms with E-state index < -0.39 is 0 Å². The summed E-state index contributed by atoms with van der Waals surface area (Å²) in [6.45, 7) is 2.92. The van der Waals surface area contributed by atoms with Crippen LogP contribution in [0.25, 0.3) is 10.6 Å². The molecule has 2 aliphatic heterocycles. The lowest BCUT2D eigenvalue weighted by Gasteiger charge is -2.40. The molecule has 1 spiro atoms. The summed E-state index contributed by atoms with van der Waals surface area (Å²) in [5.74, 6) is 0. The van der Waals surface area contributed by atoms with Gasteiger partial charge in [-0.15, -0.1) is 16.4 Å². The van der Waals surface area contributed by atoms with Gasteiger partial charge >= 0.3 is 0 Å². The van der Waals surface area contributed by atoms with Gasteiger partial charge in [-0.25, -0.2) is 0 Å². The summed E-state index contributed by atoms with van der Waals surface area (Å²) < 4.78 is 7.97. The molecule has 2 aromatic rings. The largest absolute Gasteiger partial charge is 0.369 e. The predicted octanol–water partition coefficient (Wildman–Crippen LogP) is 1.70. The summed E-state index contributed by atoms with van der Waals surface area (Å²) >= 11 is 1.84. The number of nitrogens with one attached hydrogen (secondary N) is 1. The second kappa shape index (κ2) is 4.65. The summed E-state index contributed by atoms with van der Waals surface area (Å²) in [6.07, 6.45) is 5.13. The molecule has 106 valence electrons. The fourth-order valence-corrected chi connectivity index (χ4v) is 4.57. The Balaban J connectivity index is 1.77. The van der Waals surface area contributed by atoms with Crippen LogP contribution in [0.2, 0.25) is 0 Å². The molecule has 6 heteroatoms. The number of thiophene rings is 1. The highest BCUT2D eigenvalue weighted by Gasteiger charge is 2.40. The molecule has 1 saturated heterocycles. The van der Waals surface area contributed by atoms with Crippen molar-refractivity contribution < 1.29 is 4.74 Å². The van der Waals surface area contributed by atoms with Gasteiger partial charge in [-0.1, -0.05) is 5.21 Å². The second-order valence-electron chi connectivity index (χ2n) is 5.59. The van der Waals surface area contributed by atoms with E-state index in [2.05, 4.69) is 21.7 Å². The highest BCUT2D eigenvalue weighted by molar-refractivity contribution is 7.15. The van der Waals surface area contributed by atoms with E-state index in [1.807, 2.05) is 24.6 Å². The molecule has 0 bridgehead atoms. The predicted molar refractivity (Wildman–Crippen MR) is 77.8 cm³/mol. The Kier molecular flexibility index (Phi) is 2.90. The van der Waals surface area contributed by atoms with Crippen molar-refractivity contribution in [3.8, 4) is 10.6 Å². The fourth-order valence-electron chi connectivity index (χ4n) is 3.21. The van der Waals surface area contributed by atoms with Gasteiger partial charge in [-0.05, 0) is 44.0 Å². The minimum absolute atomic E-state index is 0.0516. The highest BCUT2D eigenvalue weighted by atomic mass is 32.1. The van der Waals surface area contributed by atoms with Crippen molar-refractivity contribution in [1.82, 2.24) is 20.3 Å². The van der Waals surface area contributed by atoms with E-state index in [0.29, 0.717) is 0 Å². The monoisotopic (exact) mass is 290 g/mol. The second-order valence-corrected chi connectivity index (χ2v) is 6.64. The van der Waals surface area contributed by atoms with Crippen LogP contribution in [0.5, 0.6) is 0 Å². The molecule has 4 rings (SSSR count). The lowest BCUT2D eigenvalue weighted by Crippen LogP contribution is -2.43. The van der Waals surface area contributed by atoms with Crippen molar-refractivity contribution in [1.29, 1.82) is 0 Å². The van der Waals surface area contributed by atoms with Crippen LogP contribution in [0.15, 0.2) is 12.3 Å². The van der Waals surface area contributed by atoms with E-state index in [-0.39, 0.29) is 5.60 Å². The number of rotatable bonds is 1. The minimum Gasteiger partial charge on any atom is -0.369 e. The normalized spacial score (nSPS) is 21.1. The molecule has 2 aliphatic rings. The molecule has 5 nitrogen and oxygen atoms in total. The summed E-state index contributed by atoms with van der Waals surface area (Å²) in [4.78, 5) is 2.64. The zero-order valence-electron chi connectivity index (χ0n) is 11.6. The zero-order chi connectivity index (χ0) is 13.6. The fraction of sp³-hybridized carbons (Fsp3) is 0.571. The molecular formula is C14H18N4OS. The Morgan fingerprint density at radius 3 is 3.00 bits per heavy atom. The Morgan fingerprint density at radius 2 is 2.25 bits per heavy atom. The standard InChI is InChI=1S/C14H18N4OS/c1-18-9-11(16-17-18)12-8-10-2-7-19-14(13(10)20-12)3-5-15-6-4-14/h8-9,15H,2-7H2,1H3. The van der Waals surface area contributed by atoms with Crippen LogP contribution in [0.3, 0.4) is 0 Å². The molecule has 0 aliphatic carbocycles. The van der Waals surface area contributed by atoms with Gasteiger partial charge in [0, 0.05) is 11.9 Å². The SMILES string of the molecule is Cn1cc(-c2cc3c(s2)C2(CCNCC2)OCC3)nn1. The van der Waals surface area contributed by atoms with Crippen molar-refractivity contribution in [3.05, 3.63) is 22.7 Å². The number of aromatic nitrogens is 3. The van der Waals surface area contributed by atoms with E-state index in [9.17, 15) is 0 Å². The van der Waals surface area contributed by atoms with E-state index in [1.54, 1.807) is 4.68 Å². The Hall–Kier alpha value is -1.24. The van der Waals surface area contributed by atoms with Crippen LogP contribution in [-0.4, -0.2) is 34.7 Å². The first-order valence-electron chi connectivity index (χ1n) is 7.11. The van der Waals surface area contributed by atoms with Crippen molar-refractivity contribution in [2.45, 2.75) is 24.9 Å². The third-order valence-corrected chi connectivity index (χ3v) is 5.62. The maximum atomic E-state index is 6.22. The topological polar surface area (TPSA) is 52.0 Å².